The van der Waals surface area contributed by atoms with E-state index >= 15 is 0 Å². The van der Waals surface area contributed by atoms with Crippen molar-refractivity contribution >= 4 is 23.3 Å². The van der Waals surface area contributed by atoms with Crippen LogP contribution in [0.25, 0.3) is 0 Å². The number of hydrazone groups is 1. The van der Waals surface area contributed by atoms with Crippen LogP contribution < -0.4 is 15.5 Å². The molecule has 2 aromatic carbocycles. The molecule has 2 N–H and O–H groups in total. The molecule has 0 aromatic heterocycles. The zero-order valence-electron chi connectivity index (χ0n) is 16.7. The van der Waals surface area contributed by atoms with Crippen LogP contribution in [0.4, 0.5) is 28.0 Å². The third-order valence-corrected chi connectivity index (χ3v) is 4.09. The highest BCUT2D eigenvalue weighted by atomic mass is 19.4. The van der Waals surface area contributed by atoms with Gasteiger partial charge in [0.25, 0.3) is 5.91 Å². The zero-order chi connectivity index (χ0) is 23.2. The first kappa shape index (κ1) is 23.6. The first-order valence-corrected chi connectivity index (χ1v) is 9.14. The van der Waals surface area contributed by atoms with Crippen LogP contribution in [-0.4, -0.2) is 42.0 Å². The summed E-state index contributed by atoms with van der Waals surface area (Å²) in [6.45, 7) is 4.18. The number of nitrogens with two attached hydrogens (primary N) is 1. The maximum Gasteiger partial charge on any atom is 0.573 e. The van der Waals surface area contributed by atoms with Crippen LogP contribution in [0.15, 0.2) is 53.6 Å². The number of nitrogens with zero attached hydrogens (tertiary/aromatic N) is 3. The van der Waals surface area contributed by atoms with Crippen LogP contribution in [0, 0.1) is 5.82 Å². The summed E-state index contributed by atoms with van der Waals surface area (Å²) in [5, 5.41) is 4.73. The number of likely N-dealkylation sites (N-methyl/N-ethyl adjacent to an activating group) is 1. The number of carbonyl (C=O) groups excluding carboxylic acids is 2. The van der Waals surface area contributed by atoms with Crippen LogP contribution in [0.2, 0.25) is 0 Å². The largest absolute Gasteiger partial charge is 0.573 e. The van der Waals surface area contributed by atoms with E-state index in [0.29, 0.717) is 18.1 Å². The highest BCUT2D eigenvalue weighted by Crippen LogP contribution is 2.26. The van der Waals surface area contributed by atoms with Gasteiger partial charge in [0.2, 0.25) is 0 Å². The number of ether oxygens (including phenoxy) is 1. The van der Waals surface area contributed by atoms with Gasteiger partial charge in [0.1, 0.15) is 11.6 Å². The second-order valence-electron chi connectivity index (χ2n) is 6.12. The predicted molar refractivity (Wildman–Crippen MR) is 106 cm³/mol. The van der Waals surface area contributed by atoms with Gasteiger partial charge in [-0.2, -0.15) is 10.1 Å². The van der Waals surface area contributed by atoms with Crippen molar-refractivity contribution < 1.29 is 31.9 Å². The summed E-state index contributed by atoms with van der Waals surface area (Å²) in [4.78, 5) is 26.4. The fraction of sp³-hybridized carbons (Fsp3) is 0.250. The summed E-state index contributed by atoms with van der Waals surface area (Å²) in [6, 6.07) is 7.98. The molecular formula is C20H20F4N4O3. The van der Waals surface area contributed by atoms with Crippen molar-refractivity contribution in [3.63, 3.8) is 0 Å². The van der Waals surface area contributed by atoms with Crippen molar-refractivity contribution in [2.24, 2.45) is 10.8 Å². The lowest BCUT2D eigenvalue weighted by atomic mass is 10.1. The summed E-state index contributed by atoms with van der Waals surface area (Å²) >= 11 is 0. The molecule has 7 nitrogen and oxygen atoms in total. The van der Waals surface area contributed by atoms with Crippen molar-refractivity contribution in [3.8, 4) is 5.75 Å². The average molecular weight is 440 g/mol. The number of anilines is 1. The minimum atomic E-state index is -4.88. The summed E-state index contributed by atoms with van der Waals surface area (Å²) < 4.78 is 54.2. The number of hydrogen-bond donors (Lipinski definition) is 1. The van der Waals surface area contributed by atoms with Crippen molar-refractivity contribution in [2.45, 2.75) is 20.2 Å². The van der Waals surface area contributed by atoms with Crippen LogP contribution in [0.1, 0.15) is 19.4 Å². The van der Waals surface area contributed by atoms with E-state index in [-0.39, 0.29) is 17.0 Å². The smallest absolute Gasteiger partial charge is 0.406 e. The lowest BCUT2D eigenvalue weighted by Gasteiger charge is -2.22. The van der Waals surface area contributed by atoms with Crippen molar-refractivity contribution in [3.05, 3.63) is 59.9 Å². The Hall–Kier alpha value is -3.63. The van der Waals surface area contributed by atoms with Gasteiger partial charge in [-0.25, -0.2) is 9.18 Å². The van der Waals surface area contributed by atoms with Gasteiger partial charge in [0, 0.05) is 18.7 Å². The monoisotopic (exact) mass is 440 g/mol. The third kappa shape index (κ3) is 6.43. The molecule has 0 bridgehead atoms. The number of benzene rings is 2. The number of hydrogen-bond acceptors (Lipinski definition) is 4. The molecule has 3 amide bonds. The molecular weight excluding hydrogens is 420 g/mol. The summed E-state index contributed by atoms with van der Waals surface area (Å²) in [5.74, 6) is -1.59. The minimum absolute atomic E-state index is 0.00557. The molecule has 0 aliphatic heterocycles. The summed E-state index contributed by atoms with van der Waals surface area (Å²) in [5.41, 5.74) is 5.41. The molecule has 0 atom stereocenters. The molecule has 31 heavy (non-hydrogen) atoms. The maximum atomic E-state index is 13.3. The Labute approximate surface area is 175 Å². The quantitative estimate of drug-likeness (QED) is 0.403. The van der Waals surface area contributed by atoms with Gasteiger partial charge in [-0.05, 0) is 62.4 Å². The number of alkyl halides is 3. The van der Waals surface area contributed by atoms with E-state index in [0.717, 1.165) is 36.4 Å². The van der Waals surface area contributed by atoms with Gasteiger partial charge in [-0.15, -0.1) is 13.2 Å². The van der Waals surface area contributed by atoms with Crippen molar-refractivity contribution in [1.29, 1.82) is 0 Å². The molecule has 2 aromatic rings. The van der Waals surface area contributed by atoms with Crippen LogP contribution >= 0.6 is 0 Å². The van der Waals surface area contributed by atoms with Gasteiger partial charge in [0.05, 0.1) is 5.69 Å². The van der Waals surface area contributed by atoms with E-state index in [4.69, 9.17) is 5.73 Å². The SMILES string of the molecule is CCN(CC)C(=O)/C(=N\N(C(N)=O)c1ccc(OC(F)(F)F)cc1)c1ccc(F)cc1. The molecule has 0 spiro atoms. The maximum absolute atomic E-state index is 13.3. The van der Waals surface area contributed by atoms with E-state index in [2.05, 4.69) is 9.84 Å². The Morgan fingerprint density at radius 1 is 1.00 bits per heavy atom. The Morgan fingerprint density at radius 2 is 1.55 bits per heavy atom. The Morgan fingerprint density at radius 3 is 2.00 bits per heavy atom. The van der Waals surface area contributed by atoms with Crippen LogP contribution in [-0.2, 0) is 4.79 Å². The predicted octanol–water partition coefficient (Wildman–Crippen LogP) is 3.88. The van der Waals surface area contributed by atoms with Gasteiger partial charge in [0.15, 0.2) is 5.71 Å². The zero-order valence-corrected chi connectivity index (χ0v) is 16.7. The average Bonchev–Trinajstić information content (AvgIpc) is 2.70. The van der Waals surface area contributed by atoms with E-state index in [9.17, 15) is 27.2 Å². The molecule has 0 unspecified atom stereocenters. The molecule has 0 heterocycles. The molecule has 166 valence electrons. The molecule has 0 aliphatic carbocycles. The standard InChI is InChI=1S/C20H20F4N4O3/c1-3-27(4-2)18(29)17(13-5-7-14(21)8-6-13)26-28(19(25)30)15-9-11-16(12-10-15)31-20(22,23)24/h5-12H,3-4H2,1-2H3,(H2,25,30)/b26-17-. The summed E-state index contributed by atoms with van der Waals surface area (Å²) in [7, 11) is 0. The van der Waals surface area contributed by atoms with E-state index in [1.807, 2.05) is 0 Å². The number of urea groups is 1. The van der Waals surface area contributed by atoms with Gasteiger partial charge in [-0.1, -0.05) is 0 Å². The molecule has 0 fully saturated rings. The minimum Gasteiger partial charge on any atom is -0.406 e. The van der Waals surface area contributed by atoms with Crippen LogP contribution in [0.5, 0.6) is 5.75 Å². The number of amides is 3. The van der Waals surface area contributed by atoms with Gasteiger partial charge >= 0.3 is 12.4 Å². The fourth-order valence-corrected chi connectivity index (χ4v) is 2.62. The Balaban J connectivity index is 2.51. The third-order valence-electron chi connectivity index (χ3n) is 4.09. The lowest BCUT2D eigenvalue weighted by molar-refractivity contribution is -0.274. The normalized spacial score (nSPS) is 11.7. The second-order valence-corrected chi connectivity index (χ2v) is 6.12. The van der Waals surface area contributed by atoms with Gasteiger partial charge < -0.3 is 15.4 Å². The lowest BCUT2D eigenvalue weighted by Crippen LogP contribution is -2.40. The topological polar surface area (TPSA) is 88.2 Å². The highest BCUT2D eigenvalue weighted by molar-refractivity contribution is 6.45. The molecule has 0 saturated carbocycles. The molecule has 0 aliphatic rings. The molecule has 0 radical (unpaired) electrons. The van der Waals surface area contributed by atoms with Crippen LogP contribution in [0.3, 0.4) is 0 Å². The number of primary amides is 1. The first-order chi connectivity index (χ1) is 14.6. The molecule has 11 heteroatoms. The van der Waals surface area contributed by atoms with Gasteiger partial charge in [-0.3, -0.25) is 4.79 Å². The number of rotatable bonds is 7. The van der Waals surface area contributed by atoms with E-state index in [1.165, 1.54) is 17.0 Å². The highest BCUT2D eigenvalue weighted by Gasteiger charge is 2.31. The number of carbonyl (C=O) groups is 2. The number of halogens is 4. The van der Waals surface area contributed by atoms with E-state index in [1.54, 1.807) is 13.8 Å². The Kier molecular flexibility index (Phi) is 7.56. The second kappa shape index (κ2) is 9.92. The summed E-state index contributed by atoms with van der Waals surface area (Å²) in [6.07, 6.45) is -4.88. The molecule has 0 saturated heterocycles. The fourth-order valence-electron chi connectivity index (χ4n) is 2.62. The first-order valence-electron chi connectivity index (χ1n) is 9.14. The van der Waals surface area contributed by atoms with E-state index < -0.39 is 29.9 Å². The molecule has 2 rings (SSSR count). The van der Waals surface area contributed by atoms with Crippen molar-refractivity contribution in [2.75, 3.05) is 18.1 Å². The van der Waals surface area contributed by atoms with Crippen molar-refractivity contribution in [1.82, 2.24) is 4.90 Å². The Bertz CT molecular complexity index is 940.